The van der Waals surface area contributed by atoms with Gasteiger partial charge in [-0.25, -0.2) is 4.90 Å². The number of nitrogens with zero attached hydrogens (tertiary/aromatic N) is 3. The Balaban J connectivity index is 1.99. The van der Waals surface area contributed by atoms with Gasteiger partial charge < -0.3 is 4.74 Å². The van der Waals surface area contributed by atoms with Crippen molar-refractivity contribution in [2.75, 3.05) is 18.6 Å². The van der Waals surface area contributed by atoms with Gasteiger partial charge in [0.1, 0.15) is 5.75 Å². The van der Waals surface area contributed by atoms with Gasteiger partial charge in [0.2, 0.25) is 5.91 Å². The normalized spacial score (nSPS) is 28.9. The van der Waals surface area contributed by atoms with Crippen LogP contribution >= 0.6 is 0 Å². The van der Waals surface area contributed by atoms with Gasteiger partial charge in [-0.05, 0) is 31.2 Å². The number of rotatable bonds is 2. The van der Waals surface area contributed by atoms with Crippen LogP contribution in [0, 0.1) is 5.92 Å². The van der Waals surface area contributed by atoms with Crippen LogP contribution in [0.4, 0.5) is 5.69 Å². The maximum Gasteiger partial charge on any atom is 0.264 e. The molecular formula is C13H13N3O3. The first kappa shape index (κ1) is 11.8. The maximum absolute atomic E-state index is 12.4. The Hall–Kier alpha value is -2.24. The van der Waals surface area contributed by atoms with Crippen molar-refractivity contribution in [2.24, 2.45) is 16.1 Å². The van der Waals surface area contributed by atoms with E-state index < -0.39 is 11.5 Å². The quantitative estimate of drug-likeness (QED) is 0.754. The number of ether oxygens (including phenoxy) is 1. The van der Waals surface area contributed by atoms with Crippen LogP contribution in [0.1, 0.15) is 6.92 Å². The van der Waals surface area contributed by atoms with Crippen molar-refractivity contribution in [3.05, 3.63) is 24.3 Å². The van der Waals surface area contributed by atoms with Crippen LogP contribution in [0.5, 0.6) is 5.75 Å². The number of carbonyl (C=O) groups is 2. The smallest absolute Gasteiger partial charge is 0.264 e. The molecule has 1 aromatic carbocycles. The van der Waals surface area contributed by atoms with E-state index >= 15 is 0 Å². The second kappa shape index (κ2) is 3.88. The largest absolute Gasteiger partial charge is 0.497 e. The number of amides is 2. The molecule has 0 spiro atoms. The van der Waals surface area contributed by atoms with Crippen LogP contribution in [-0.2, 0) is 9.59 Å². The molecule has 0 N–H and O–H groups in total. The molecule has 2 heterocycles. The minimum Gasteiger partial charge on any atom is -0.497 e. The van der Waals surface area contributed by atoms with Crippen molar-refractivity contribution in [3.63, 3.8) is 0 Å². The highest BCUT2D eigenvalue weighted by Crippen LogP contribution is 2.40. The third-order valence-electron chi connectivity index (χ3n) is 3.71. The van der Waals surface area contributed by atoms with Crippen molar-refractivity contribution < 1.29 is 14.3 Å². The lowest BCUT2D eigenvalue weighted by Crippen LogP contribution is -2.37. The summed E-state index contributed by atoms with van der Waals surface area (Å²) in [6.45, 7) is 1.95. The second-order valence-electron chi connectivity index (χ2n) is 4.80. The molecule has 98 valence electrons. The Labute approximate surface area is 110 Å². The van der Waals surface area contributed by atoms with Gasteiger partial charge in [-0.2, -0.15) is 10.2 Å². The molecule has 0 saturated carbocycles. The lowest BCUT2D eigenvalue weighted by Gasteiger charge is -2.17. The maximum atomic E-state index is 12.4. The number of carbonyl (C=O) groups excluding carboxylic acids is 2. The third kappa shape index (κ3) is 1.49. The van der Waals surface area contributed by atoms with Crippen molar-refractivity contribution >= 4 is 17.5 Å². The van der Waals surface area contributed by atoms with Gasteiger partial charge in [-0.1, -0.05) is 0 Å². The van der Waals surface area contributed by atoms with Crippen LogP contribution in [0.15, 0.2) is 34.5 Å². The average Bonchev–Trinajstić information content (AvgIpc) is 2.89. The van der Waals surface area contributed by atoms with E-state index in [0.29, 0.717) is 11.4 Å². The molecule has 0 unspecified atom stereocenters. The van der Waals surface area contributed by atoms with E-state index in [1.54, 1.807) is 38.3 Å². The molecule has 1 aromatic rings. The molecule has 0 bridgehead atoms. The molecule has 1 fully saturated rings. The van der Waals surface area contributed by atoms with Gasteiger partial charge in [0.05, 0.1) is 25.3 Å². The number of methoxy groups -OCH3 is 1. The van der Waals surface area contributed by atoms with E-state index in [0.717, 1.165) is 0 Å². The average molecular weight is 259 g/mol. The summed E-state index contributed by atoms with van der Waals surface area (Å²) < 4.78 is 5.06. The zero-order valence-corrected chi connectivity index (χ0v) is 10.7. The predicted molar refractivity (Wildman–Crippen MR) is 67.1 cm³/mol. The van der Waals surface area contributed by atoms with E-state index in [4.69, 9.17) is 4.74 Å². The number of fused-ring (bicyclic) bond motifs is 1. The van der Waals surface area contributed by atoms with Gasteiger partial charge in [0.25, 0.3) is 5.91 Å². The fraction of sp³-hybridized carbons (Fsp3) is 0.385. The van der Waals surface area contributed by atoms with Crippen LogP contribution in [-0.4, -0.2) is 31.0 Å². The number of hydrogen-bond acceptors (Lipinski definition) is 5. The summed E-state index contributed by atoms with van der Waals surface area (Å²) in [7, 11) is 1.56. The fourth-order valence-corrected chi connectivity index (χ4v) is 2.49. The monoisotopic (exact) mass is 259 g/mol. The molecule has 19 heavy (non-hydrogen) atoms. The minimum atomic E-state index is -1.03. The van der Waals surface area contributed by atoms with Crippen LogP contribution in [0.2, 0.25) is 0 Å². The van der Waals surface area contributed by atoms with Gasteiger partial charge in [-0.3, -0.25) is 9.59 Å². The molecule has 2 aliphatic heterocycles. The van der Waals surface area contributed by atoms with Crippen LogP contribution < -0.4 is 9.64 Å². The predicted octanol–water partition coefficient (Wildman–Crippen LogP) is 1.41. The zero-order valence-electron chi connectivity index (χ0n) is 10.7. The minimum absolute atomic E-state index is 0.234. The highest BCUT2D eigenvalue weighted by atomic mass is 16.5. The molecule has 6 nitrogen and oxygen atoms in total. The Bertz CT molecular complexity index is 581. The summed E-state index contributed by atoms with van der Waals surface area (Å²) >= 11 is 0. The van der Waals surface area contributed by atoms with E-state index in [2.05, 4.69) is 10.2 Å². The highest BCUT2D eigenvalue weighted by Gasteiger charge is 2.59. The van der Waals surface area contributed by atoms with Gasteiger partial charge in [-0.15, -0.1) is 0 Å². The lowest BCUT2D eigenvalue weighted by molar-refractivity contribution is -0.122. The molecule has 0 aromatic heterocycles. The Kier molecular flexibility index (Phi) is 2.41. The van der Waals surface area contributed by atoms with Crippen molar-refractivity contribution in [1.82, 2.24) is 0 Å². The zero-order chi connectivity index (χ0) is 13.6. The fourth-order valence-electron chi connectivity index (χ4n) is 2.49. The number of imide groups is 1. The van der Waals surface area contributed by atoms with E-state index in [1.165, 1.54) is 4.90 Å². The molecule has 2 amide bonds. The Morgan fingerprint density at radius 2 is 2.00 bits per heavy atom. The number of anilines is 1. The highest BCUT2D eigenvalue weighted by molar-refractivity contribution is 6.25. The lowest BCUT2D eigenvalue weighted by atomic mass is 9.90. The Morgan fingerprint density at radius 3 is 2.58 bits per heavy atom. The summed E-state index contributed by atoms with van der Waals surface area (Å²) in [5.41, 5.74) is -0.488. The summed E-state index contributed by atoms with van der Waals surface area (Å²) in [6, 6.07) is 6.81. The van der Waals surface area contributed by atoms with Crippen molar-refractivity contribution in [2.45, 2.75) is 12.5 Å². The van der Waals surface area contributed by atoms with Gasteiger partial charge in [0.15, 0.2) is 5.54 Å². The van der Waals surface area contributed by atoms with Gasteiger partial charge >= 0.3 is 0 Å². The SMILES string of the molecule is COc1ccc(N2C(=O)[C@H]3CN=N[C@@]3(C)C2=O)cc1. The summed E-state index contributed by atoms with van der Waals surface area (Å²) in [5.74, 6) is -0.340. The van der Waals surface area contributed by atoms with Crippen LogP contribution in [0.25, 0.3) is 0 Å². The van der Waals surface area contributed by atoms with Crippen molar-refractivity contribution in [3.8, 4) is 5.75 Å². The molecule has 0 aliphatic carbocycles. The standard InChI is InChI=1S/C13H13N3O3/c1-13-10(7-14-15-13)11(17)16(12(13)18)8-3-5-9(19-2)6-4-8/h3-6,10H,7H2,1-2H3/t10-,13-/m1/s1. The van der Waals surface area contributed by atoms with Crippen LogP contribution in [0.3, 0.4) is 0 Å². The molecule has 6 heteroatoms. The molecule has 2 aliphatic rings. The number of hydrogen-bond donors (Lipinski definition) is 0. The molecule has 0 radical (unpaired) electrons. The summed E-state index contributed by atoms with van der Waals surface area (Å²) in [5, 5.41) is 7.79. The molecule has 1 saturated heterocycles. The molecular weight excluding hydrogens is 246 g/mol. The first-order chi connectivity index (χ1) is 9.08. The number of azo groups is 1. The number of benzene rings is 1. The van der Waals surface area contributed by atoms with E-state index in [1.807, 2.05) is 0 Å². The summed E-state index contributed by atoms with van der Waals surface area (Å²) in [4.78, 5) is 25.9. The van der Waals surface area contributed by atoms with Crippen molar-refractivity contribution in [1.29, 1.82) is 0 Å². The second-order valence-corrected chi connectivity index (χ2v) is 4.80. The molecule has 3 rings (SSSR count). The molecule has 2 atom stereocenters. The summed E-state index contributed by atoms with van der Waals surface area (Å²) in [6.07, 6.45) is 0. The topological polar surface area (TPSA) is 71.3 Å². The van der Waals surface area contributed by atoms with Gasteiger partial charge in [0, 0.05) is 0 Å². The Morgan fingerprint density at radius 1 is 1.32 bits per heavy atom. The third-order valence-corrected chi connectivity index (χ3v) is 3.71. The first-order valence-corrected chi connectivity index (χ1v) is 5.99. The first-order valence-electron chi connectivity index (χ1n) is 5.99. The van der Waals surface area contributed by atoms with E-state index in [9.17, 15) is 9.59 Å². The van der Waals surface area contributed by atoms with E-state index in [-0.39, 0.29) is 18.4 Å².